The minimum absolute atomic E-state index is 0.0802. The lowest BCUT2D eigenvalue weighted by molar-refractivity contribution is 0.0697. The van der Waals surface area contributed by atoms with Crippen molar-refractivity contribution in [2.45, 2.75) is 46.6 Å². The molecule has 8 nitrogen and oxygen atoms in total. The molecular formula is C38H43Cl2N5O3. The van der Waals surface area contributed by atoms with Crippen LogP contribution in [0.15, 0.2) is 54.7 Å². The molecule has 3 N–H and O–H groups in total. The molecule has 0 aliphatic carbocycles. The van der Waals surface area contributed by atoms with Crippen molar-refractivity contribution in [3.63, 3.8) is 0 Å². The zero-order valence-electron chi connectivity index (χ0n) is 28.5. The van der Waals surface area contributed by atoms with E-state index in [4.69, 9.17) is 33.0 Å². The number of ether oxygens (including phenoxy) is 1. The third-order valence-electron chi connectivity index (χ3n) is 8.75. The number of nitrogens with one attached hydrogen (secondary N) is 2. The summed E-state index contributed by atoms with van der Waals surface area (Å²) in [6.45, 7) is 9.40. The van der Waals surface area contributed by atoms with Gasteiger partial charge in [0.2, 0.25) is 0 Å². The molecule has 0 aliphatic rings. The first kappa shape index (κ1) is 35.1. The molecule has 0 spiro atoms. The molecule has 2 heterocycles. The minimum atomic E-state index is -0.958. The van der Waals surface area contributed by atoms with Gasteiger partial charge < -0.3 is 25.0 Å². The normalized spacial score (nSPS) is 12.5. The highest BCUT2D eigenvalue weighted by Crippen LogP contribution is 2.44. The topological polar surface area (TPSA) is 93.3 Å². The zero-order valence-corrected chi connectivity index (χ0v) is 30.1. The number of carboxylic acids is 1. The van der Waals surface area contributed by atoms with Crippen LogP contribution in [-0.4, -0.2) is 51.7 Å². The summed E-state index contributed by atoms with van der Waals surface area (Å²) in [7, 11) is 5.86. The summed E-state index contributed by atoms with van der Waals surface area (Å²) in [6.07, 6.45) is 5.63. The van der Waals surface area contributed by atoms with Crippen LogP contribution >= 0.6 is 23.2 Å². The highest BCUT2D eigenvalue weighted by Gasteiger charge is 2.24. The number of likely N-dealkylation sites (N-methyl/N-ethyl adjacent to an activating group) is 1. The highest BCUT2D eigenvalue weighted by molar-refractivity contribution is 6.34. The van der Waals surface area contributed by atoms with E-state index in [1.807, 2.05) is 80.8 Å². The van der Waals surface area contributed by atoms with Crippen molar-refractivity contribution < 1.29 is 14.6 Å². The highest BCUT2D eigenvalue weighted by atomic mass is 35.5. The number of anilines is 1. The van der Waals surface area contributed by atoms with E-state index in [1.54, 1.807) is 12.1 Å². The zero-order chi connectivity index (χ0) is 34.7. The molecule has 0 amide bonds. The van der Waals surface area contributed by atoms with Crippen molar-refractivity contribution in [2.75, 3.05) is 25.5 Å². The van der Waals surface area contributed by atoms with Gasteiger partial charge in [0, 0.05) is 76.8 Å². The van der Waals surface area contributed by atoms with Crippen molar-refractivity contribution in [3.8, 4) is 16.9 Å². The largest absolute Gasteiger partial charge is 0.494 e. The predicted octanol–water partition coefficient (Wildman–Crippen LogP) is 8.93. The first-order valence-corrected chi connectivity index (χ1v) is 16.8. The standard InChI is InChI=1S/C38H43Cl2N5O3/c1-22-17-29(11-13-32(22)39)48-16-8-9-26(18-28-21-44(6)34-15-10-27(38(46)47)19-31(28)34)30-12-14-33(40)36(37(30)42-23(2)20-41-5)35-24(3)43-45(7)25(35)4/h10-15,17-19,21,23,41-42H,8-9,16,20H2,1-7H3,(H,46,47)/b26-18+/t23-/m1/s1. The molecule has 0 saturated heterocycles. The lowest BCUT2D eigenvalue weighted by Crippen LogP contribution is -2.28. The van der Waals surface area contributed by atoms with Crippen LogP contribution in [-0.2, 0) is 14.1 Å². The Labute approximate surface area is 292 Å². The average molecular weight is 689 g/mol. The van der Waals surface area contributed by atoms with Gasteiger partial charge in [-0.15, -0.1) is 0 Å². The van der Waals surface area contributed by atoms with Gasteiger partial charge in [0.25, 0.3) is 0 Å². The monoisotopic (exact) mass is 687 g/mol. The Kier molecular flexibility index (Phi) is 10.9. The van der Waals surface area contributed by atoms with Crippen LogP contribution in [0.2, 0.25) is 10.0 Å². The fraction of sp³-hybridized carbons (Fsp3) is 0.316. The van der Waals surface area contributed by atoms with E-state index in [2.05, 4.69) is 36.6 Å². The van der Waals surface area contributed by atoms with Gasteiger partial charge in [-0.05, 0) is 107 Å². The third kappa shape index (κ3) is 7.41. The van der Waals surface area contributed by atoms with Gasteiger partial charge in [0.15, 0.2) is 0 Å². The summed E-state index contributed by atoms with van der Waals surface area (Å²) >= 11 is 13.3. The van der Waals surface area contributed by atoms with E-state index in [9.17, 15) is 9.90 Å². The van der Waals surface area contributed by atoms with Gasteiger partial charge in [0.1, 0.15) is 5.75 Å². The predicted molar refractivity (Wildman–Crippen MR) is 199 cm³/mol. The second kappa shape index (κ2) is 14.9. The second-order valence-electron chi connectivity index (χ2n) is 12.4. The summed E-state index contributed by atoms with van der Waals surface area (Å²) in [4.78, 5) is 11.9. The van der Waals surface area contributed by atoms with Crippen LogP contribution in [0.1, 0.15) is 58.2 Å². The molecule has 0 radical (unpaired) electrons. The van der Waals surface area contributed by atoms with E-state index in [0.717, 1.165) is 80.1 Å². The molecule has 2 aromatic heterocycles. The number of hydrogen-bond donors (Lipinski definition) is 3. The lowest BCUT2D eigenvalue weighted by atomic mass is 9.91. The Morgan fingerprint density at radius 2 is 1.79 bits per heavy atom. The molecule has 0 fully saturated rings. The molecule has 48 heavy (non-hydrogen) atoms. The molecule has 5 aromatic rings. The fourth-order valence-electron chi connectivity index (χ4n) is 6.28. The molecule has 252 valence electrons. The number of aromatic carboxylic acids is 1. The fourth-order valence-corrected chi connectivity index (χ4v) is 6.65. The number of hydrogen-bond acceptors (Lipinski definition) is 5. The van der Waals surface area contributed by atoms with Gasteiger partial charge in [0.05, 0.1) is 28.6 Å². The van der Waals surface area contributed by atoms with Crippen LogP contribution in [0, 0.1) is 20.8 Å². The van der Waals surface area contributed by atoms with Gasteiger partial charge in [-0.1, -0.05) is 29.3 Å². The van der Waals surface area contributed by atoms with Gasteiger partial charge in [-0.2, -0.15) is 5.10 Å². The van der Waals surface area contributed by atoms with E-state index in [-0.39, 0.29) is 11.6 Å². The SMILES string of the molecule is CNC[C@@H](C)Nc1c(/C(=C/c2cn(C)c3ccc(C(=O)O)cc23)CCCOc2ccc(Cl)c(C)c2)ccc(Cl)c1-c1c(C)nn(C)c1C. The number of rotatable bonds is 13. The van der Waals surface area contributed by atoms with Crippen LogP contribution in [0.25, 0.3) is 33.7 Å². The third-order valence-corrected chi connectivity index (χ3v) is 9.49. The molecule has 0 bridgehead atoms. The number of carboxylic acid groups (broad SMARTS) is 1. The van der Waals surface area contributed by atoms with Gasteiger partial charge in [-0.3, -0.25) is 4.68 Å². The molecule has 1 atom stereocenters. The lowest BCUT2D eigenvalue weighted by Gasteiger charge is -2.24. The van der Waals surface area contributed by atoms with E-state index in [1.165, 1.54) is 0 Å². The Balaban J connectivity index is 1.67. The van der Waals surface area contributed by atoms with Crippen LogP contribution in [0.5, 0.6) is 5.75 Å². The minimum Gasteiger partial charge on any atom is -0.494 e. The van der Waals surface area contributed by atoms with Crippen molar-refractivity contribution >= 4 is 57.4 Å². The first-order valence-electron chi connectivity index (χ1n) is 16.1. The van der Waals surface area contributed by atoms with Gasteiger partial charge in [-0.25, -0.2) is 4.79 Å². The smallest absolute Gasteiger partial charge is 0.335 e. The number of nitrogens with zero attached hydrogens (tertiary/aromatic N) is 3. The molecule has 3 aromatic carbocycles. The number of carbonyl (C=O) groups is 1. The maximum absolute atomic E-state index is 11.9. The van der Waals surface area contributed by atoms with Crippen molar-refractivity contribution in [1.29, 1.82) is 0 Å². The molecule has 5 rings (SSSR count). The number of benzene rings is 3. The molecular weight excluding hydrogens is 645 g/mol. The van der Waals surface area contributed by atoms with Crippen molar-refractivity contribution in [3.05, 3.63) is 98.4 Å². The Morgan fingerprint density at radius 3 is 2.46 bits per heavy atom. The van der Waals surface area contributed by atoms with Gasteiger partial charge >= 0.3 is 5.97 Å². The Morgan fingerprint density at radius 1 is 1.04 bits per heavy atom. The maximum atomic E-state index is 11.9. The summed E-state index contributed by atoms with van der Waals surface area (Å²) in [6, 6.07) is 15.0. The molecule has 0 aliphatic heterocycles. The first-order chi connectivity index (χ1) is 22.9. The van der Waals surface area contributed by atoms with Crippen LogP contribution in [0.3, 0.4) is 0 Å². The average Bonchev–Trinajstić information content (AvgIpc) is 3.49. The van der Waals surface area contributed by atoms with E-state index in [0.29, 0.717) is 23.1 Å². The number of aryl methyl sites for hydroxylation is 4. The molecule has 0 unspecified atom stereocenters. The quantitative estimate of drug-likeness (QED) is 0.107. The number of halogens is 2. The van der Waals surface area contributed by atoms with E-state index >= 15 is 0 Å². The summed E-state index contributed by atoms with van der Waals surface area (Å²) in [5.74, 6) is -0.183. The van der Waals surface area contributed by atoms with Crippen LogP contribution in [0.4, 0.5) is 5.69 Å². The van der Waals surface area contributed by atoms with Crippen LogP contribution < -0.4 is 15.4 Å². The van der Waals surface area contributed by atoms with Crippen molar-refractivity contribution in [1.82, 2.24) is 19.7 Å². The summed E-state index contributed by atoms with van der Waals surface area (Å²) in [5.41, 5.74) is 9.91. The second-order valence-corrected chi connectivity index (χ2v) is 13.2. The molecule has 0 saturated carbocycles. The Bertz CT molecular complexity index is 2010. The van der Waals surface area contributed by atoms with Crippen molar-refractivity contribution in [2.24, 2.45) is 14.1 Å². The maximum Gasteiger partial charge on any atom is 0.335 e. The number of aromatic nitrogens is 3. The summed E-state index contributed by atoms with van der Waals surface area (Å²) in [5, 5.41) is 23.8. The van der Waals surface area contributed by atoms with E-state index < -0.39 is 5.97 Å². The Hall–Kier alpha value is -4.24. The number of allylic oxidation sites excluding steroid dienone is 1. The number of fused-ring (bicyclic) bond motifs is 1. The molecule has 10 heteroatoms. The summed E-state index contributed by atoms with van der Waals surface area (Å²) < 4.78 is 10.1.